The van der Waals surface area contributed by atoms with E-state index >= 15 is 0 Å². The maximum atomic E-state index is 5.92. The fourth-order valence-electron chi connectivity index (χ4n) is 3.20. The number of rotatable bonds is 8. The number of nitrogens with zero attached hydrogens (tertiary/aromatic N) is 3. The Morgan fingerprint density at radius 2 is 2.03 bits per heavy atom. The minimum absolute atomic E-state index is 0. The second kappa shape index (κ2) is 12.3. The average Bonchev–Trinajstić information content (AvgIpc) is 3.31. The van der Waals surface area contributed by atoms with E-state index in [1.54, 1.807) is 11.3 Å². The monoisotopic (exact) mass is 529 g/mol. The van der Waals surface area contributed by atoms with Gasteiger partial charge < -0.3 is 15.4 Å². The summed E-state index contributed by atoms with van der Waals surface area (Å²) in [5.74, 6) is 1.54. The van der Waals surface area contributed by atoms with Crippen molar-refractivity contribution in [2.24, 2.45) is 4.99 Å². The maximum absolute atomic E-state index is 5.92. The Morgan fingerprint density at radius 1 is 1.24 bits per heavy atom. The number of halogens is 1. The van der Waals surface area contributed by atoms with Gasteiger partial charge in [0.05, 0.1) is 17.2 Å². The number of hydrogen-bond donors (Lipinski definition) is 2. The van der Waals surface area contributed by atoms with Crippen molar-refractivity contribution in [2.75, 3.05) is 13.1 Å². The normalized spacial score (nSPS) is 14.5. The van der Waals surface area contributed by atoms with Crippen LogP contribution in [0.5, 0.6) is 5.88 Å². The lowest BCUT2D eigenvalue weighted by Gasteiger charge is -2.12. The Balaban J connectivity index is 0.00000300. The smallest absolute Gasteiger partial charge is 0.213 e. The molecule has 1 aliphatic carbocycles. The molecule has 2 N–H and O–H groups in total. The van der Waals surface area contributed by atoms with Crippen LogP contribution in [0.1, 0.15) is 53.7 Å². The van der Waals surface area contributed by atoms with Gasteiger partial charge in [0.15, 0.2) is 5.96 Å². The molecule has 160 valence electrons. The number of aliphatic imine (C=N–C) groups is 1. The Kier molecular flexibility index (Phi) is 10.1. The topological polar surface area (TPSA) is 71.4 Å². The Bertz CT molecular complexity index is 752. The van der Waals surface area contributed by atoms with Gasteiger partial charge >= 0.3 is 0 Å². The molecule has 0 bridgehead atoms. The molecular weight excluding hydrogens is 497 g/mol. The standard InChI is InChI=1S/C21H31N5OS.HI/c1-4-22-21(23-12-11-20-26-15(2)16(3)28-20)25-14-17-9-10-19(24-13-17)27-18-7-5-6-8-18;/h9-10,13,18H,4-8,11-12,14H2,1-3H3,(H2,22,23,25);1H. The van der Waals surface area contributed by atoms with Crippen LogP contribution in [0.15, 0.2) is 23.3 Å². The van der Waals surface area contributed by atoms with E-state index in [0.717, 1.165) is 55.4 Å². The molecule has 0 spiro atoms. The summed E-state index contributed by atoms with van der Waals surface area (Å²) in [7, 11) is 0. The van der Waals surface area contributed by atoms with Crippen LogP contribution in [-0.4, -0.2) is 35.1 Å². The molecule has 2 aromatic heterocycles. The molecule has 8 heteroatoms. The Hall–Kier alpha value is -1.42. The van der Waals surface area contributed by atoms with E-state index < -0.39 is 0 Å². The second-order valence-electron chi connectivity index (χ2n) is 7.15. The third-order valence-electron chi connectivity index (χ3n) is 4.86. The lowest BCUT2D eigenvalue weighted by Crippen LogP contribution is -2.38. The van der Waals surface area contributed by atoms with Crippen LogP contribution in [0, 0.1) is 13.8 Å². The van der Waals surface area contributed by atoms with Gasteiger partial charge in [-0.05, 0) is 52.0 Å². The van der Waals surface area contributed by atoms with Gasteiger partial charge in [-0.25, -0.2) is 15.0 Å². The quantitative estimate of drug-likeness (QED) is 0.302. The minimum atomic E-state index is 0. The number of pyridine rings is 1. The summed E-state index contributed by atoms with van der Waals surface area (Å²) < 4.78 is 5.92. The molecule has 0 unspecified atom stereocenters. The highest BCUT2D eigenvalue weighted by molar-refractivity contribution is 14.0. The van der Waals surface area contributed by atoms with Gasteiger partial charge in [0, 0.05) is 36.7 Å². The van der Waals surface area contributed by atoms with Crippen LogP contribution in [-0.2, 0) is 13.0 Å². The molecule has 0 aliphatic heterocycles. The van der Waals surface area contributed by atoms with Crippen molar-refractivity contribution in [2.45, 2.75) is 65.5 Å². The summed E-state index contributed by atoms with van der Waals surface area (Å²) in [5, 5.41) is 7.85. The van der Waals surface area contributed by atoms with Crippen molar-refractivity contribution < 1.29 is 4.74 Å². The highest BCUT2D eigenvalue weighted by Crippen LogP contribution is 2.23. The highest BCUT2D eigenvalue weighted by Gasteiger charge is 2.16. The number of nitrogens with one attached hydrogen (secondary N) is 2. The Morgan fingerprint density at radius 3 is 2.66 bits per heavy atom. The average molecular weight is 529 g/mol. The van der Waals surface area contributed by atoms with Gasteiger partial charge in [-0.2, -0.15) is 0 Å². The van der Waals surface area contributed by atoms with E-state index in [0.29, 0.717) is 12.6 Å². The first-order chi connectivity index (χ1) is 13.6. The van der Waals surface area contributed by atoms with Crippen molar-refractivity contribution in [3.8, 4) is 5.88 Å². The molecular formula is C21H32IN5OS. The SMILES string of the molecule is CCNC(=NCc1ccc(OC2CCCC2)nc1)NCCc1nc(C)c(C)s1.I. The van der Waals surface area contributed by atoms with Crippen molar-refractivity contribution in [3.63, 3.8) is 0 Å². The summed E-state index contributed by atoms with van der Waals surface area (Å²) in [6, 6.07) is 4.00. The molecule has 0 amide bonds. The summed E-state index contributed by atoms with van der Waals surface area (Å²) in [6.07, 6.45) is 7.92. The molecule has 3 rings (SSSR count). The molecule has 0 radical (unpaired) electrons. The van der Waals surface area contributed by atoms with E-state index in [1.165, 1.54) is 22.7 Å². The van der Waals surface area contributed by atoms with Gasteiger partial charge in [0.1, 0.15) is 6.10 Å². The van der Waals surface area contributed by atoms with Crippen molar-refractivity contribution in [1.82, 2.24) is 20.6 Å². The molecule has 6 nitrogen and oxygen atoms in total. The summed E-state index contributed by atoms with van der Waals surface area (Å²) in [5.41, 5.74) is 2.20. The van der Waals surface area contributed by atoms with Gasteiger partial charge in [0.2, 0.25) is 5.88 Å². The number of ether oxygens (including phenoxy) is 1. The molecule has 0 aromatic carbocycles. The number of aromatic nitrogens is 2. The lowest BCUT2D eigenvalue weighted by molar-refractivity contribution is 0.201. The second-order valence-corrected chi connectivity index (χ2v) is 8.44. The molecule has 0 saturated heterocycles. The zero-order chi connectivity index (χ0) is 19.8. The molecule has 0 atom stereocenters. The summed E-state index contributed by atoms with van der Waals surface area (Å²) in [6.45, 7) is 8.47. The number of hydrogen-bond acceptors (Lipinski definition) is 5. The van der Waals surface area contributed by atoms with Crippen LogP contribution in [0.2, 0.25) is 0 Å². The first-order valence-corrected chi connectivity index (χ1v) is 11.0. The van der Waals surface area contributed by atoms with E-state index in [2.05, 4.69) is 46.4 Å². The number of thiazole rings is 1. The van der Waals surface area contributed by atoms with Crippen LogP contribution in [0.4, 0.5) is 0 Å². The largest absolute Gasteiger partial charge is 0.474 e. The Labute approximate surface area is 195 Å². The molecule has 1 aliphatic rings. The number of guanidine groups is 1. The van der Waals surface area contributed by atoms with Gasteiger partial charge in [0.25, 0.3) is 0 Å². The van der Waals surface area contributed by atoms with E-state index in [-0.39, 0.29) is 24.0 Å². The fourth-order valence-corrected chi connectivity index (χ4v) is 4.13. The maximum Gasteiger partial charge on any atom is 0.213 e. The van der Waals surface area contributed by atoms with Gasteiger partial charge in [-0.1, -0.05) is 6.07 Å². The zero-order valence-corrected chi connectivity index (χ0v) is 20.7. The van der Waals surface area contributed by atoms with Gasteiger partial charge in [-0.15, -0.1) is 35.3 Å². The van der Waals surface area contributed by atoms with E-state index in [9.17, 15) is 0 Å². The van der Waals surface area contributed by atoms with E-state index in [1.807, 2.05) is 18.3 Å². The first-order valence-electron chi connectivity index (χ1n) is 10.2. The van der Waals surface area contributed by atoms with Crippen molar-refractivity contribution >= 4 is 41.3 Å². The first kappa shape index (κ1) is 23.9. The zero-order valence-electron chi connectivity index (χ0n) is 17.5. The van der Waals surface area contributed by atoms with Crippen LogP contribution >= 0.6 is 35.3 Å². The molecule has 2 aromatic rings. The summed E-state index contributed by atoms with van der Waals surface area (Å²) in [4.78, 5) is 15.0. The minimum Gasteiger partial charge on any atom is -0.474 e. The van der Waals surface area contributed by atoms with Crippen LogP contribution in [0.25, 0.3) is 0 Å². The third-order valence-corrected chi connectivity index (χ3v) is 5.99. The van der Waals surface area contributed by atoms with Crippen LogP contribution < -0.4 is 15.4 Å². The predicted octanol–water partition coefficient (Wildman–Crippen LogP) is 4.39. The van der Waals surface area contributed by atoms with E-state index in [4.69, 9.17) is 4.74 Å². The fraction of sp³-hybridized carbons (Fsp3) is 0.571. The molecule has 29 heavy (non-hydrogen) atoms. The van der Waals surface area contributed by atoms with Gasteiger partial charge in [-0.3, -0.25) is 0 Å². The molecule has 2 heterocycles. The van der Waals surface area contributed by atoms with Crippen molar-refractivity contribution in [1.29, 1.82) is 0 Å². The molecule has 1 fully saturated rings. The predicted molar refractivity (Wildman–Crippen MR) is 131 cm³/mol. The lowest BCUT2D eigenvalue weighted by atomic mass is 10.3. The highest BCUT2D eigenvalue weighted by atomic mass is 127. The third kappa shape index (κ3) is 7.73. The van der Waals surface area contributed by atoms with Crippen LogP contribution in [0.3, 0.4) is 0 Å². The van der Waals surface area contributed by atoms with Crippen molar-refractivity contribution in [3.05, 3.63) is 39.5 Å². The molecule has 1 saturated carbocycles. The number of aryl methyl sites for hydroxylation is 2. The summed E-state index contributed by atoms with van der Waals surface area (Å²) >= 11 is 1.77.